The third-order valence-electron chi connectivity index (χ3n) is 7.45. The van der Waals surface area contributed by atoms with Crippen LogP contribution in [-0.4, -0.2) is 80.8 Å². The molecule has 0 spiro atoms. The predicted octanol–water partition coefficient (Wildman–Crippen LogP) is 0.929. The highest BCUT2D eigenvalue weighted by Gasteiger charge is 2.32. The van der Waals surface area contributed by atoms with E-state index < -0.39 is 60.2 Å². The second-order valence-corrected chi connectivity index (χ2v) is 11.7. The predicted molar refractivity (Wildman–Crippen MR) is 172 cm³/mol. The fraction of sp³-hybridized carbons (Fsp3) is 0.323. The van der Waals surface area contributed by atoms with Gasteiger partial charge in [-0.3, -0.25) is 19.2 Å². The van der Waals surface area contributed by atoms with Gasteiger partial charge >= 0.3 is 5.97 Å². The molecular formula is C31H37N7O6S. The smallest absolute Gasteiger partial charge is 0.326 e. The van der Waals surface area contributed by atoms with Crippen molar-refractivity contribution in [2.24, 2.45) is 11.5 Å². The SMILES string of the molecule is CSCCC(N)C(=O)NC(Cc1c[nH]c2ccccc12)C(=O)NC(CC(N)=O)C(=O)NC(Cc1c[nH]c2ccccc12)C(=O)O. The first-order valence-corrected chi connectivity index (χ1v) is 15.7. The summed E-state index contributed by atoms with van der Waals surface area (Å²) in [5.74, 6) is -3.79. The molecule has 4 amide bonds. The van der Waals surface area contributed by atoms with E-state index in [2.05, 4.69) is 25.9 Å². The third-order valence-corrected chi connectivity index (χ3v) is 8.10. The number of hydrogen-bond donors (Lipinski definition) is 8. The molecule has 0 bridgehead atoms. The summed E-state index contributed by atoms with van der Waals surface area (Å²) in [5.41, 5.74) is 14.5. The highest BCUT2D eigenvalue weighted by molar-refractivity contribution is 7.98. The summed E-state index contributed by atoms with van der Waals surface area (Å²) >= 11 is 1.53. The van der Waals surface area contributed by atoms with Crippen molar-refractivity contribution < 1.29 is 29.1 Å². The Hall–Kier alpha value is -4.82. The number of nitrogens with two attached hydrogens (primary N) is 2. The van der Waals surface area contributed by atoms with Crippen LogP contribution >= 0.6 is 11.8 Å². The number of para-hydroxylation sites is 2. The molecule has 13 nitrogen and oxygen atoms in total. The van der Waals surface area contributed by atoms with Gasteiger partial charge in [-0.05, 0) is 41.7 Å². The zero-order valence-corrected chi connectivity index (χ0v) is 25.5. The lowest BCUT2D eigenvalue weighted by molar-refractivity contribution is -0.142. The fourth-order valence-electron chi connectivity index (χ4n) is 5.06. The average Bonchev–Trinajstić information content (AvgIpc) is 3.62. The van der Waals surface area contributed by atoms with E-state index in [1.807, 2.05) is 54.8 Å². The Morgan fingerprint density at radius 2 is 1.27 bits per heavy atom. The van der Waals surface area contributed by atoms with Crippen LogP contribution in [0.3, 0.4) is 0 Å². The number of primary amides is 1. The van der Waals surface area contributed by atoms with Crippen molar-refractivity contribution in [3.63, 3.8) is 0 Å². The zero-order valence-electron chi connectivity index (χ0n) is 24.7. The Morgan fingerprint density at radius 3 is 1.80 bits per heavy atom. The van der Waals surface area contributed by atoms with Crippen LogP contribution in [0.1, 0.15) is 24.0 Å². The molecule has 45 heavy (non-hydrogen) atoms. The van der Waals surface area contributed by atoms with Gasteiger partial charge in [0.2, 0.25) is 23.6 Å². The molecule has 14 heteroatoms. The fourth-order valence-corrected chi connectivity index (χ4v) is 5.55. The van der Waals surface area contributed by atoms with Gasteiger partial charge in [0.1, 0.15) is 18.1 Å². The highest BCUT2D eigenvalue weighted by Crippen LogP contribution is 2.21. The number of aromatic amines is 2. The van der Waals surface area contributed by atoms with Crippen molar-refractivity contribution >= 4 is 63.2 Å². The summed E-state index contributed by atoms with van der Waals surface area (Å²) in [6, 6.07) is 9.81. The summed E-state index contributed by atoms with van der Waals surface area (Å²) in [6.45, 7) is 0. The van der Waals surface area contributed by atoms with Gasteiger partial charge in [0.25, 0.3) is 0 Å². The minimum Gasteiger partial charge on any atom is -0.480 e. The summed E-state index contributed by atoms with van der Waals surface area (Å²) < 4.78 is 0. The van der Waals surface area contributed by atoms with Gasteiger partial charge < -0.3 is 42.5 Å². The Labute approximate surface area is 263 Å². The van der Waals surface area contributed by atoms with Crippen LogP contribution in [0.5, 0.6) is 0 Å². The van der Waals surface area contributed by atoms with E-state index in [1.54, 1.807) is 12.4 Å². The highest BCUT2D eigenvalue weighted by atomic mass is 32.2. The van der Waals surface area contributed by atoms with E-state index in [9.17, 15) is 29.1 Å². The molecule has 4 rings (SSSR count). The Bertz CT molecular complexity index is 1680. The van der Waals surface area contributed by atoms with Crippen molar-refractivity contribution in [2.75, 3.05) is 12.0 Å². The number of rotatable bonds is 16. The van der Waals surface area contributed by atoms with Gasteiger partial charge in [-0.25, -0.2) is 4.79 Å². The van der Waals surface area contributed by atoms with Gasteiger partial charge in [0.15, 0.2) is 0 Å². The van der Waals surface area contributed by atoms with Crippen LogP contribution in [0, 0.1) is 0 Å². The topological polar surface area (TPSA) is 225 Å². The number of aliphatic carboxylic acids is 1. The molecule has 2 heterocycles. The second kappa shape index (κ2) is 15.3. The van der Waals surface area contributed by atoms with Crippen molar-refractivity contribution in [1.29, 1.82) is 0 Å². The molecule has 4 unspecified atom stereocenters. The number of carbonyl (C=O) groups is 5. The second-order valence-electron chi connectivity index (χ2n) is 10.7. The number of hydrogen-bond acceptors (Lipinski definition) is 7. The lowest BCUT2D eigenvalue weighted by atomic mass is 10.0. The average molecular weight is 636 g/mol. The molecule has 0 saturated carbocycles. The summed E-state index contributed by atoms with van der Waals surface area (Å²) in [7, 11) is 0. The van der Waals surface area contributed by atoms with Crippen LogP contribution in [0.4, 0.5) is 0 Å². The van der Waals surface area contributed by atoms with E-state index in [0.29, 0.717) is 17.7 Å². The molecule has 0 saturated heterocycles. The molecule has 0 aliphatic rings. The lowest BCUT2D eigenvalue weighted by Crippen LogP contribution is -2.58. The van der Waals surface area contributed by atoms with E-state index in [4.69, 9.17) is 11.5 Å². The van der Waals surface area contributed by atoms with E-state index in [-0.39, 0.29) is 12.8 Å². The van der Waals surface area contributed by atoms with Gasteiger partial charge in [0.05, 0.1) is 12.5 Å². The van der Waals surface area contributed by atoms with Crippen molar-refractivity contribution in [2.45, 2.75) is 49.9 Å². The van der Waals surface area contributed by atoms with E-state index in [1.165, 1.54) is 11.8 Å². The first-order valence-electron chi connectivity index (χ1n) is 14.3. The molecule has 0 radical (unpaired) electrons. The van der Waals surface area contributed by atoms with Crippen molar-refractivity contribution in [1.82, 2.24) is 25.9 Å². The normalized spacial score (nSPS) is 13.9. The number of nitrogens with one attached hydrogen (secondary N) is 5. The quantitative estimate of drug-likeness (QED) is 0.0882. The van der Waals surface area contributed by atoms with E-state index in [0.717, 1.165) is 27.4 Å². The first kappa shape index (κ1) is 33.1. The molecular weight excluding hydrogens is 598 g/mol. The third kappa shape index (κ3) is 8.64. The lowest BCUT2D eigenvalue weighted by Gasteiger charge is -2.25. The van der Waals surface area contributed by atoms with E-state index >= 15 is 0 Å². The van der Waals surface area contributed by atoms with Crippen molar-refractivity contribution in [3.05, 3.63) is 72.1 Å². The van der Waals surface area contributed by atoms with Crippen LogP contribution in [0.25, 0.3) is 21.8 Å². The standard InChI is InChI=1S/C31H37N7O6S/c1-45-11-10-21(32)28(40)36-24(12-17-15-34-22-8-4-2-6-19(17)22)29(41)37-25(14-27(33)39)30(42)38-26(31(43)44)13-18-16-35-23-9-5-3-7-20(18)23/h2-9,15-16,21,24-26,34-35H,10-14,32H2,1H3,(H2,33,39)(H,36,40)(H,37,41)(H,38,42)(H,43,44). The molecule has 238 valence electrons. The van der Waals surface area contributed by atoms with Gasteiger partial charge in [-0.1, -0.05) is 36.4 Å². The number of carboxylic acids is 1. The minimum absolute atomic E-state index is 0.0417. The maximum atomic E-state index is 13.7. The van der Waals surface area contributed by atoms with Crippen LogP contribution in [0.2, 0.25) is 0 Å². The molecule has 0 aliphatic heterocycles. The number of aromatic nitrogens is 2. The number of H-pyrrole nitrogens is 2. The summed E-state index contributed by atoms with van der Waals surface area (Å²) in [5, 5.41) is 19.2. The number of fused-ring (bicyclic) bond motifs is 2. The largest absolute Gasteiger partial charge is 0.480 e. The van der Waals surface area contributed by atoms with Crippen molar-refractivity contribution in [3.8, 4) is 0 Å². The van der Waals surface area contributed by atoms with Crippen LogP contribution in [-0.2, 0) is 36.8 Å². The molecule has 10 N–H and O–H groups in total. The van der Waals surface area contributed by atoms with Gasteiger partial charge in [0, 0.05) is 47.0 Å². The number of benzene rings is 2. The monoisotopic (exact) mass is 635 g/mol. The first-order chi connectivity index (χ1) is 21.6. The molecule has 4 aromatic rings. The van der Waals surface area contributed by atoms with Crippen LogP contribution in [0.15, 0.2) is 60.9 Å². The minimum atomic E-state index is -1.51. The molecule has 0 fully saturated rings. The zero-order chi connectivity index (χ0) is 32.5. The Kier molecular flexibility index (Phi) is 11.2. The number of carboxylic acid groups (broad SMARTS) is 1. The van der Waals surface area contributed by atoms with Crippen LogP contribution < -0.4 is 27.4 Å². The van der Waals surface area contributed by atoms with Gasteiger partial charge in [-0.2, -0.15) is 11.8 Å². The Morgan fingerprint density at radius 1 is 0.778 bits per heavy atom. The molecule has 0 aliphatic carbocycles. The molecule has 4 atom stereocenters. The molecule has 2 aromatic carbocycles. The summed E-state index contributed by atoms with van der Waals surface area (Å²) in [6.07, 6.45) is 5.04. The molecule has 2 aromatic heterocycles. The van der Waals surface area contributed by atoms with Gasteiger partial charge in [-0.15, -0.1) is 0 Å². The number of carbonyl (C=O) groups excluding carboxylic acids is 4. The maximum Gasteiger partial charge on any atom is 0.326 e. The Balaban J connectivity index is 1.54. The number of amides is 4. The number of thioether (sulfide) groups is 1. The summed E-state index contributed by atoms with van der Waals surface area (Å²) in [4.78, 5) is 70.3. The maximum absolute atomic E-state index is 13.7.